The third-order valence-corrected chi connectivity index (χ3v) is 3.97. The minimum atomic E-state index is -0.431. The molecule has 2 saturated carbocycles. The number of hydrogen-bond acceptors (Lipinski definition) is 3. The summed E-state index contributed by atoms with van der Waals surface area (Å²) in [6.07, 6.45) is 5.80. The van der Waals surface area contributed by atoms with Crippen LogP contribution in [0.1, 0.15) is 46.0 Å². The predicted molar refractivity (Wildman–Crippen MR) is 62.8 cm³/mol. The summed E-state index contributed by atoms with van der Waals surface area (Å²) in [5.74, 6) is 1.69. The van der Waals surface area contributed by atoms with Gasteiger partial charge >= 0.3 is 5.97 Å². The molecule has 2 bridgehead atoms. The molecule has 3 unspecified atom stereocenters. The summed E-state index contributed by atoms with van der Waals surface area (Å²) in [5.41, 5.74) is 5.82. The summed E-state index contributed by atoms with van der Waals surface area (Å²) in [4.78, 5) is 11.8. The van der Waals surface area contributed by atoms with E-state index >= 15 is 0 Å². The van der Waals surface area contributed by atoms with E-state index in [1.165, 1.54) is 19.3 Å². The van der Waals surface area contributed by atoms with E-state index < -0.39 is 6.04 Å². The van der Waals surface area contributed by atoms with Crippen molar-refractivity contribution in [1.82, 2.24) is 0 Å². The molecule has 0 saturated heterocycles. The molecule has 0 amide bonds. The number of carbonyl (C=O) groups excluding carboxylic acids is 1. The lowest BCUT2D eigenvalue weighted by molar-refractivity contribution is -0.153. The first-order chi connectivity index (χ1) is 7.56. The summed E-state index contributed by atoms with van der Waals surface area (Å²) in [6, 6.07) is -0.431. The molecule has 2 aliphatic rings. The Bertz CT molecular complexity index is 265. The van der Waals surface area contributed by atoms with Gasteiger partial charge in [-0.05, 0) is 49.9 Å². The van der Waals surface area contributed by atoms with Crippen molar-refractivity contribution in [1.29, 1.82) is 0 Å². The molecule has 16 heavy (non-hydrogen) atoms. The molecule has 0 heterocycles. The number of fused-ring (bicyclic) bond motifs is 2. The largest absolute Gasteiger partial charge is 0.461 e. The molecule has 92 valence electrons. The molecular weight excluding hydrogens is 202 g/mol. The Hall–Kier alpha value is -0.570. The normalized spacial score (nSPS) is 34.4. The minimum Gasteiger partial charge on any atom is -0.461 e. The second-order valence-corrected chi connectivity index (χ2v) is 5.89. The van der Waals surface area contributed by atoms with Crippen LogP contribution in [0.4, 0.5) is 0 Å². The van der Waals surface area contributed by atoms with Gasteiger partial charge in [-0.1, -0.05) is 13.8 Å². The fourth-order valence-corrected chi connectivity index (χ4v) is 3.17. The van der Waals surface area contributed by atoms with E-state index in [0.717, 1.165) is 18.8 Å². The molecule has 0 radical (unpaired) electrons. The van der Waals surface area contributed by atoms with Crippen molar-refractivity contribution < 1.29 is 9.53 Å². The monoisotopic (exact) mass is 225 g/mol. The average Bonchev–Trinajstić information content (AvgIpc) is 2.77. The third kappa shape index (κ3) is 2.57. The molecular formula is C13H23NO2. The van der Waals surface area contributed by atoms with Crippen LogP contribution in [0.3, 0.4) is 0 Å². The molecule has 3 nitrogen and oxygen atoms in total. The molecule has 4 atom stereocenters. The van der Waals surface area contributed by atoms with Crippen LogP contribution in [0.5, 0.6) is 0 Å². The van der Waals surface area contributed by atoms with Gasteiger partial charge < -0.3 is 10.5 Å². The van der Waals surface area contributed by atoms with Crippen LogP contribution < -0.4 is 5.73 Å². The van der Waals surface area contributed by atoms with Crippen molar-refractivity contribution in [3.63, 3.8) is 0 Å². The van der Waals surface area contributed by atoms with Crippen LogP contribution in [0.2, 0.25) is 0 Å². The Morgan fingerprint density at radius 2 is 2.12 bits per heavy atom. The molecule has 2 N–H and O–H groups in total. The molecule has 2 aliphatic carbocycles. The smallest absolute Gasteiger partial charge is 0.323 e. The van der Waals surface area contributed by atoms with Crippen molar-refractivity contribution in [3.05, 3.63) is 0 Å². The van der Waals surface area contributed by atoms with Gasteiger partial charge in [0.1, 0.15) is 12.1 Å². The lowest BCUT2D eigenvalue weighted by atomic mass is 9.97. The van der Waals surface area contributed by atoms with Gasteiger partial charge in [-0.3, -0.25) is 4.79 Å². The lowest BCUT2D eigenvalue weighted by Gasteiger charge is -2.24. The molecule has 0 aromatic heterocycles. The van der Waals surface area contributed by atoms with E-state index in [2.05, 4.69) is 13.8 Å². The highest BCUT2D eigenvalue weighted by Gasteiger charge is 2.42. The maximum Gasteiger partial charge on any atom is 0.323 e. The molecule has 2 rings (SSSR count). The van der Waals surface area contributed by atoms with Gasteiger partial charge in [0.2, 0.25) is 0 Å². The average molecular weight is 225 g/mol. The molecule has 0 aromatic rings. The molecule has 3 heteroatoms. The first-order valence-corrected chi connectivity index (χ1v) is 6.52. The third-order valence-electron chi connectivity index (χ3n) is 3.97. The first-order valence-electron chi connectivity index (χ1n) is 6.52. The van der Waals surface area contributed by atoms with Gasteiger partial charge in [0.05, 0.1) is 0 Å². The Morgan fingerprint density at radius 3 is 2.62 bits per heavy atom. The SMILES string of the molecule is CC(C)C[C@H](N)C(=O)OC1CC2CCC1C2. The van der Waals surface area contributed by atoms with E-state index in [9.17, 15) is 4.79 Å². The summed E-state index contributed by atoms with van der Waals surface area (Å²) < 4.78 is 5.54. The van der Waals surface area contributed by atoms with Gasteiger partial charge in [0.15, 0.2) is 0 Å². The minimum absolute atomic E-state index is 0.171. The standard InChI is InChI=1S/C13H23NO2/c1-8(2)5-11(14)13(15)16-12-7-9-3-4-10(12)6-9/h8-12H,3-7,14H2,1-2H3/t9?,10?,11-,12?/m0/s1. The zero-order chi connectivity index (χ0) is 11.7. The molecule has 0 spiro atoms. The van der Waals surface area contributed by atoms with Crippen LogP contribution in [-0.4, -0.2) is 18.1 Å². The summed E-state index contributed by atoms with van der Waals surface area (Å²) in [5, 5.41) is 0. The maximum absolute atomic E-state index is 11.8. The van der Waals surface area contributed by atoms with Gasteiger partial charge in [0, 0.05) is 0 Å². The van der Waals surface area contributed by atoms with Gasteiger partial charge in [0.25, 0.3) is 0 Å². The summed E-state index contributed by atoms with van der Waals surface area (Å²) in [7, 11) is 0. The van der Waals surface area contributed by atoms with Crippen LogP contribution >= 0.6 is 0 Å². The predicted octanol–water partition coefficient (Wildman–Crippen LogP) is 2.09. The van der Waals surface area contributed by atoms with Crippen LogP contribution in [0.25, 0.3) is 0 Å². The van der Waals surface area contributed by atoms with Crippen LogP contribution in [-0.2, 0) is 9.53 Å². The topological polar surface area (TPSA) is 52.3 Å². The zero-order valence-corrected chi connectivity index (χ0v) is 10.3. The second-order valence-electron chi connectivity index (χ2n) is 5.89. The van der Waals surface area contributed by atoms with Crippen LogP contribution in [0, 0.1) is 17.8 Å². The van der Waals surface area contributed by atoms with Crippen molar-refractivity contribution in [3.8, 4) is 0 Å². The number of ether oxygens (including phenoxy) is 1. The van der Waals surface area contributed by atoms with Crippen molar-refractivity contribution >= 4 is 5.97 Å². The lowest BCUT2D eigenvalue weighted by Crippen LogP contribution is -2.37. The zero-order valence-electron chi connectivity index (χ0n) is 10.3. The fourth-order valence-electron chi connectivity index (χ4n) is 3.17. The van der Waals surface area contributed by atoms with E-state index in [4.69, 9.17) is 10.5 Å². The highest BCUT2D eigenvalue weighted by atomic mass is 16.5. The van der Waals surface area contributed by atoms with E-state index in [0.29, 0.717) is 11.8 Å². The Labute approximate surface area is 97.7 Å². The first kappa shape index (κ1) is 11.9. The number of hydrogen-bond donors (Lipinski definition) is 1. The van der Waals surface area contributed by atoms with E-state index in [-0.39, 0.29) is 12.1 Å². The Kier molecular flexibility index (Phi) is 3.53. The number of carbonyl (C=O) groups is 1. The van der Waals surface area contributed by atoms with Gasteiger partial charge in [-0.25, -0.2) is 0 Å². The molecule has 0 aromatic carbocycles. The number of nitrogens with two attached hydrogens (primary N) is 1. The summed E-state index contributed by atoms with van der Waals surface area (Å²) in [6.45, 7) is 4.15. The second kappa shape index (κ2) is 4.74. The van der Waals surface area contributed by atoms with Gasteiger partial charge in [-0.15, -0.1) is 0 Å². The van der Waals surface area contributed by atoms with Crippen molar-refractivity contribution in [2.45, 2.75) is 58.1 Å². The van der Waals surface area contributed by atoms with Crippen molar-refractivity contribution in [2.24, 2.45) is 23.5 Å². The number of esters is 1. The highest BCUT2D eigenvalue weighted by Crippen LogP contribution is 2.45. The maximum atomic E-state index is 11.8. The molecule has 0 aliphatic heterocycles. The Balaban J connectivity index is 1.79. The highest BCUT2D eigenvalue weighted by molar-refractivity contribution is 5.75. The molecule has 2 fully saturated rings. The van der Waals surface area contributed by atoms with Gasteiger partial charge in [-0.2, -0.15) is 0 Å². The van der Waals surface area contributed by atoms with Crippen molar-refractivity contribution in [2.75, 3.05) is 0 Å². The van der Waals surface area contributed by atoms with E-state index in [1.54, 1.807) is 0 Å². The van der Waals surface area contributed by atoms with Crippen LogP contribution in [0.15, 0.2) is 0 Å². The number of rotatable bonds is 4. The summed E-state index contributed by atoms with van der Waals surface area (Å²) >= 11 is 0. The Morgan fingerprint density at radius 1 is 1.38 bits per heavy atom. The van der Waals surface area contributed by atoms with E-state index in [1.807, 2.05) is 0 Å². The quantitative estimate of drug-likeness (QED) is 0.745. The fraction of sp³-hybridized carbons (Fsp3) is 0.923.